The molecule has 4 aromatic rings. The number of hydrogen-bond donors (Lipinski definition) is 0. The summed E-state index contributed by atoms with van der Waals surface area (Å²) >= 11 is 0. The lowest BCUT2D eigenvalue weighted by atomic mass is 9.72. The van der Waals surface area contributed by atoms with Crippen LogP contribution in [0.1, 0.15) is 101 Å². The molecule has 2 atom stereocenters. The molecule has 0 bridgehead atoms. The fourth-order valence-corrected chi connectivity index (χ4v) is 7.60. The average Bonchev–Trinajstić information content (AvgIpc) is 3.11. The smallest absolute Gasteiger partial charge is 0.0461 e. The minimum atomic E-state index is 0.107. The van der Waals surface area contributed by atoms with Gasteiger partial charge >= 0.3 is 0 Å². The minimum absolute atomic E-state index is 0.107. The van der Waals surface area contributed by atoms with Gasteiger partial charge < -0.3 is 4.90 Å². The van der Waals surface area contributed by atoms with Crippen LogP contribution in [-0.4, -0.2) is 0 Å². The Morgan fingerprint density at radius 3 is 2.32 bits per heavy atom. The van der Waals surface area contributed by atoms with Crippen LogP contribution in [0.2, 0.25) is 0 Å². The molecule has 0 heterocycles. The van der Waals surface area contributed by atoms with Crippen LogP contribution in [0.25, 0.3) is 17.8 Å². The third-order valence-corrected chi connectivity index (χ3v) is 10.3. The topological polar surface area (TPSA) is 3.24 Å². The Morgan fingerprint density at radius 1 is 0.787 bits per heavy atom. The number of para-hydroxylation sites is 1. The van der Waals surface area contributed by atoms with Gasteiger partial charge in [-0.1, -0.05) is 138 Å². The molecule has 1 aliphatic carbocycles. The molecule has 0 radical (unpaired) electrons. The first-order chi connectivity index (χ1) is 23.0. The van der Waals surface area contributed by atoms with E-state index in [2.05, 4.69) is 148 Å². The third kappa shape index (κ3) is 8.44. The van der Waals surface area contributed by atoms with Crippen molar-refractivity contribution in [2.75, 3.05) is 4.90 Å². The zero-order valence-electron chi connectivity index (χ0n) is 29.2. The number of allylic oxidation sites excluding steroid dienone is 1. The molecule has 47 heavy (non-hydrogen) atoms. The number of rotatable bonds is 17. The maximum atomic E-state index is 3.97. The molecule has 0 N–H and O–H groups in total. The summed E-state index contributed by atoms with van der Waals surface area (Å²) in [6, 6.07) is 36.2. The van der Waals surface area contributed by atoms with Crippen LogP contribution in [-0.2, 0) is 18.3 Å². The Labute approximate surface area is 285 Å². The third-order valence-electron chi connectivity index (χ3n) is 10.3. The Balaban J connectivity index is 1.54. The van der Waals surface area contributed by atoms with E-state index in [4.69, 9.17) is 0 Å². The van der Waals surface area contributed by atoms with Gasteiger partial charge in [-0.05, 0) is 109 Å². The molecule has 1 aliphatic rings. The molecule has 0 saturated heterocycles. The lowest BCUT2D eigenvalue weighted by molar-refractivity contribution is 0.365. The molecule has 5 rings (SSSR count). The maximum Gasteiger partial charge on any atom is 0.0461 e. The van der Waals surface area contributed by atoms with Gasteiger partial charge in [-0.15, -0.1) is 6.58 Å². The number of unbranched alkanes of at least 4 members (excludes halogenated alkanes) is 4. The van der Waals surface area contributed by atoms with E-state index in [9.17, 15) is 0 Å². The Morgan fingerprint density at radius 2 is 1.55 bits per heavy atom. The first-order valence-electron chi connectivity index (χ1n) is 18.1. The standard InChI is InChI=1S/C46H55N/c1-6-9-10-11-18-32-46(5,33-19-17-21-38-23-20-22-37(7-2)34-38)44-35-42(31-30-39(44)8-3)47(41-25-13-12-14-26-41)45-36(4)28-29-40-24-15-16-27-43(40)45/h6-7,12-16,20,22-27,29-31,34-36H,1-2,8-11,17-19,21,28,32-33H2,3-5H3. The van der Waals surface area contributed by atoms with E-state index in [1.807, 2.05) is 6.08 Å². The van der Waals surface area contributed by atoms with Crippen molar-refractivity contribution in [3.63, 3.8) is 0 Å². The molecule has 1 heteroatoms. The van der Waals surface area contributed by atoms with E-state index in [0.717, 1.165) is 25.7 Å². The number of fused-ring (bicyclic) bond motifs is 1. The predicted molar refractivity (Wildman–Crippen MR) is 206 cm³/mol. The number of anilines is 2. The van der Waals surface area contributed by atoms with E-state index in [0.29, 0.717) is 5.92 Å². The number of hydrogen-bond acceptors (Lipinski definition) is 1. The van der Waals surface area contributed by atoms with Crippen molar-refractivity contribution >= 4 is 29.2 Å². The van der Waals surface area contributed by atoms with Crippen LogP contribution in [0.5, 0.6) is 0 Å². The highest BCUT2D eigenvalue weighted by molar-refractivity contribution is 5.82. The van der Waals surface area contributed by atoms with E-state index in [1.165, 1.54) is 89.1 Å². The summed E-state index contributed by atoms with van der Waals surface area (Å²) in [4.78, 5) is 2.57. The molecule has 4 aromatic carbocycles. The fourth-order valence-electron chi connectivity index (χ4n) is 7.60. The van der Waals surface area contributed by atoms with E-state index >= 15 is 0 Å². The Kier molecular flexibility index (Phi) is 12.1. The predicted octanol–water partition coefficient (Wildman–Crippen LogP) is 11.5. The normalized spacial score (nSPS) is 15.3. The van der Waals surface area contributed by atoms with Gasteiger partial charge in [-0.25, -0.2) is 0 Å². The second kappa shape index (κ2) is 16.6. The highest BCUT2D eigenvalue weighted by Gasteiger charge is 2.30. The average molecular weight is 622 g/mol. The van der Waals surface area contributed by atoms with Gasteiger partial charge in [-0.2, -0.15) is 0 Å². The first-order valence-corrected chi connectivity index (χ1v) is 18.1. The first kappa shape index (κ1) is 34.2. The summed E-state index contributed by atoms with van der Waals surface area (Å²) in [6.45, 7) is 15.2. The zero-order chi connectivity index (χ0) is 33.1. The molecule has 244 valence electrons. The number of aryl methyl sites for hydroxylation is 2. The highest BCUT2D eigenvalue weighted by atomic mass is 15.2. The quantitative estimate of drug-likeness (QED) is 0.0837. The summed E-state index contributed by atoms with van der Waals surface area (Å²) < 4.78 is 0. The molecule has 0 amide bonds. The van der Waals surface area contributed by atoms with Crippen molar-refractivity contribution in [1.29, 1.82) is 0 Å². The van der Waals surface area contributed by atoms with E-state index in [1.54, 1.807) is 5.56 Å². The van der Waals surface area contributed by atoms with Gasteiger partial charge in [-0.3, -0.25) is 0 Å². The number of nitrogens with zero attached hydrogens (tertiary/aromatic N) is 1. The molecule has 0 aliphatic heterocycles. The second-order valence-corrected chi connectivity index (χ2v) is 13.8. The van der Waals surface area contributed by atoms with E-state index in [-0.39, 0.29) is 5.41 Å². The summed E-state index contributed by atoms with van der Waals surface area (Å²) in [5, 5.41) is 2.69. The van der Waals surface area contributed by atoms with Crippen molar-refractivity contribution in [3.8, 4) is 0 Å². The molecule has 0 spiro atoms. The van der Waals surface area contributed by atoms with Crippen LogP contribution >= 0.6 is 0 Å². The molecular formula is C46H55N. The van der Waals surface area contributed by atoms with Gasteiger partial charge in [0.2, 0.25) is 0 Å². The van der Waals surface area contributed by atoms with Crippen molar-refractivity contribution in [1.82, 2.24) is 0 Å². The molecule has 1 nitrogen and oxygen atoms in total. The van der Waals surface area contributed by atoms with Crippen molar-refractivity contribution in [2.45, 2.75) is 96.8 Å². The molecular weight excluding hydrogens is 567 g/mol. The molecule has 2 unspecified atom stereocenters. The van der Waals surface area contributed by atoms with Crippen molar-refractivity contribution < 1.29 is 0 Å². The van der Waals surface area contributed by atoms with Gasteiger partial charge in [0.15, 0.2) is 0 Å². The summed E-state index contributed by atoms with van der Waals surface area (Å²) in [6.07, 6.45) is 19.3. The molecule has 0 aromatic heterocycles. The zero-order valence-corrected chi connectivity index (χ0v) is 29.2. The summed E-state index contributed by atoms with van der Waals surface area (Å²) in [7, 11) is 0. The summed E-state index contributed by atoms with van der Waals surface area (Å²) in [5.74, 6) is 0.412. The van der Waals surface area contributed by atoms with Gasteiger partial charge in [0.25, 0.3) is 0 Å². The second-order valence-electron chi connectivity index (χ2n) is 13.8. The van der Waals surface area contributed by atoms with Crippen LogP contribution in [0.15, 0.2) is 116 Å². The minimum Gasteiger partial charge on any atom is -0.313 e. The van der Waals surface area contributed by atoms with Crippen LogP contribution in [0.3, 0.4) is 0 Å². The Bertz CT molecular complexity index is 1750. The SMILES string of the molecule is C=CCCCCCC(C)(CCCCc1cccc(C=C)c1)c1cc(N(C2=c3ccccc3=CCC2C)c2ccccc2)ccc1CC. The van der Waals surface area contributed by atoms with Gasteiger partial charge in [0, 0.05) is 28.2 Å². The summed E-state index contributed by atoms with van der Waals surface area (Å²) in [5.41, 5.74) is 9.68. The lowest BCUT2D eigenvalue weighted by Gasteiger charge is -2.36. The van der Waals surface area contributed by atoms with Gasteiger partial charge in [0.05, 0.1) is 0 Å². The number of benzene rings is 4. The highest BCUT2D eigenvalue weighted by Crippen LogP contribution is 2.42. The van der Waals surface area contributed by atoms with Crippen LogP contribution in [0, 0.1) is 5.92 Å². The Hall–Kier alpha value is -4.10. The van der Waals surface area contributed by atoms with Gasteiger partial charge in [0.1, 0.15) is 0 Å². The maximum absolute atomic E-state index is 3.97. The van der Waals surface area contributed by atoms with E-state index < -0.39 is 0 Å². The largest absolute Gasteiger partial charge is 0.313 e. The fraction of sp³-hybridized carbons (Fsp3) is 0.348. The van der Waals surface area contributed by atoms with Crippen LogP contribution in [0.4, 0.5) is 11.4 Å². The molecule has 0 saturated carbocycles. The monoisotopic (exact) mass is 621 g/mol. The lowest BCUT2D eigenvalue weighted by Crippen LogP contribution is -2.38. The van der Waals surface area contributed by atoms with Crippen molar-refractivity contribution in [3.05, 3.63) is 149 Å². The van der Waals surface area contributed by atoms with Crippen molar-refractivity contribution in [2.24, 2.45) is 5.92 Å². The van der Waals surface area contributed by atoms with Crippen LogP contribution < -0.4 is 15.3 Å². The molecule has 0 fully saturated rings.